The lowest BCUT2D eigenvalue weighted by molar-refractivity contribution is -0.694. The molecule has 0 saturated carbocycles. The maximum absolute atomic E-state index is 12.6. The summed E-state index contributed by atoms with van der Waals surface area (Å²) in [6.45, 7) is 5.01. The van der Waals surface area contributed by atoms with Crippen LogP contribution in [-0.4, -0.2) is 41.1 Å². The van der Waals surface area contributed by atoms with E-state index < -0.39 is 0 Å². The number of carbonyl (C=O) groups excluding carboxylic acids is 1. The molecule has 0 aliphatic heterocycles. The van der Waals surface area contributed by atoms with Crippen molar-refractivity contribution < 1.29 is 13.9 Å². The fourth-order valence-corrected chi connectivity index (χ4v) is 3.45. The zero-order valence-electron chi connectivity index (χ0n) is 17.6. The zero-order chi connectivity index (χ0) is 21.3. The Morgan fingerprint density at radius 1 is 1.23 bits per heavy atom. The topological polar surface area (TPSA) is 79.5 Å². The van der Waals surface area contributed by atoms with Crippen molar-refractivity contribution in [1.29, 1.82) is 0 Å². The van der Waals surface area contributed by atoms with E-state index in [9.17, 15) is 4.79 Å². The number of carbonyl (C=O) groups is 1. The Balaban J connectivity index is 1.44. The predicted molar refractivity (Wildman–Crippen MR) is 113 cm³/mol. The van der Waals surface area contributed by atoms with E-state index in [0.717, 1.165) is 28.4 Å². The molecule has 4 heterocycles. The van der Waals surface area contributed by atoms with Crippen LogP contribution >= 0.6 is 0 Å². The Bertz CT molecular complexity index is 1170. The summed E-state index contributed by atoms with van der Waals surface area (Å²) in [5.41, 5.74) is 5.05. The van der Waals surface area contributed by atoms with Crippen LogP contribution in [0.5, 0.6) is 0 Å². The Morgan fingerprint density at radius 2 is 2.00 bits per heavy atom. The number of aromatic nitrogens is 4. The molecule has 0 fully saturated rings. The van der Waals surface area contributed by atoms with Gasteiger partial charge in [-0.05, 0) is 26.0 Å². The zero-order valence-corrected chi connectivity index (χ0v) is 17.6. The van der Waals surface area contributed by atoms with E-state index in [2.05, 4.69) is 20.4 Å². The van der Waals surface area contributed by atoms with Gasteiger partial charge in [-0.15, -0.1) is 0 Å². The second-order valence-corrected chi connectivity index (χ2v) is 7.43. The third-order valence-electron chi connectivity index (χ3n) is 5.11. The van der Waals surface area contributed by atoms with Crippen LogP contribution in [0.2, 0.25) is 0 Å². The molecule has 8 heteroatoms. The maximum Gasteiger partial charge on any atom is 0.251 e. The molecule has 4 aromatic rings. The number of hydrogen-bond acceptors (Lipinski definition) is 5. The monoisotopic (exact) mass is 405 g/mol. The molecular weight excluding hydrogens is 380 g/mol. The van der Waals surface area contributed by atoms with Gasteiger partial charge >= 0.3 is 0 Å². The number of aryl methyl sites for hydroxylation is 2. The summed E-state index contributed by atoms with van der Waals surface area (Å²) in [6.07, 6.45) is 7.65. The van der Waals surface area contributed by atoms with Crippen LogP contribution in [0.15, 0.2) is 53.6 Å². The van der Waals surface area contributed by atoms with Crippen LogP contribution in [0.3, 0.4) is 0 Å². The molecule has 8 nitrogen and oxygen atoms in total. The number of fused-ring (bicyclic) bond motifs is 1. The lowest BCUT2D eigenvalue weighted by atomic mass is 10.1. The fourth-order valence-electron chi connectivity index (χ4n) is 3.45. The Hall–Kier alpha value is -3.68. The molecule has 4 aromatic heterocycles. The van der Waals surface area contributed by atoms with E-state index in [1.807, 2.05) is 67.6 Å². The minimum atomic E-state index is -0.120. The van der Waals surface area contributed by atoms with Gasteiger partial charge in [0.1, 0.15) is 11.4 Å². The summed E-state index contributed by atoms with van der Waals surface area (Å²) in [7, 11) is 4.02. The molecule has 0 radical (unpaired) electrons. The van der Waals surface area contributed by atoms with Crippen molar-refractivity contribution >= 4 is 17.2 Å². The van der Waals surface area contributed by atoms with Crippen LogP contribution in [0.1, 0.15) is 21.8 Å². The minimum Gasteiger partial charge on any atom is -0.377 e. The second kappa shape index (κ2) is 7.98. The van der Waals surface area contributed by atoms with Crippen LogP contribution in [0.4, 0.5) is 5.69 Å². The molecule has 154 valence electrons. The third-order valence-corrected chi connectivity index (χ3v) is 5.11. The van der Waals surface area contributed by atoms with E-state index in [1.165, 1.54) is 0 Å². The molecule has 1 amide bonds. The van der Waals surface area contributed by atoms with Gasteiger partial charge in [0, 0.05) is 43.7 Å². The molecule has 0 aliphatic carbocycles. The van der Waals surface area contributed by atoms with E-state index in [4.69, 9.17) is 4.52 Å². The molecule has 0 unspecified atom stereocenters. The van der Waals surface area contributed by atoms with Crippen molar-refractivity contribution in [3.05, 3.63) is 66.1 Å². The molecule has 0 aromatic carbocycles. The van der Waals surface area contributed by atoms with Crippen LogP contribution in [-0.2, 0) is 6.54 Å². The number of anilines is 1. The molecule has 0 atom stereocenters. The number of hydrogen-bond donors (Lipinski definition) is 1. The van der Waals surface area contributed by atoms with Gasteiger partial charge in [-0.1, -0.05) is 5.16 Å². The van der Waals surface area contributed by atoms with Crippen LogP contribution < -0.4 is 14.8 Å². The van der Waals surface area contributed by atoms with Crippen molar-refractivity contribution in [2.45, 2.75) is 20.4 Å². The molecule has 4 rings (SSSR count). The summed E-state index contributed by atoms with van der Waals surface area (Å²) in [6, 6.07) is 7.68. The summed E-state index contributed by atoms with van der Waals surface area (Å²) in [5, 5.41) is 6.98. The second-order valence-electron chi connectivity index (χ2n) is 7.43. The summed E-state index contributed by atoms with van der Waals surface area (Å²) < 4.78 is 9.25. The molecular formula is C22H25N6O2+. The first-order valence-electron chi connectivity index (χ1n) is 9.79. The average molecular weight is 405 g/mol. The van der Waals surface area contributed by atoms with Crippen LogP contribution in [0.25, 0.3) is 16.9 Å². The molecule has 0 saturated heterocycles. The molecule has 0 aliphatic rings. The van der Waals surface area contributed by atoms with Gasteiger partial charge in [-0.2, -0.15) is 0 Å². The van der Waals surface area contributed by atoms with Crippen molar-refractivity contribution in [2.24, 2.45) is 0 Å². The summed E-state index contributed by atoms with van der Waals surface area (Å²) in [4.78, 5) is 19.1. The number of pyridine rings is 2. The number of rotatable bonds is 6. The third kappa shape index (κ3) is 3.76. The first-order valence-corrected chi connectivity index (χ1v) is 9.79. The Kier molecular flexibility index (Phi) is 5.22. The molecule has 30 heavy (non-hydrogen) atoms. The lowest BCUT2D eigenvalue weighted by Crippen LogP contribution is -2.40. The Labute approximate surface area is 174 Å². The van der Waals surface area contributed by atoms with Crippen molar-refractivity contribution in [2.75, 3.05) is 25.5 Å². The highest BCUT2D eigenvalue weighted by atomic mass is 16.5. The highest BCUT2D eigenvalue weighted by molar-refractivity contribution is 5.95. The van der Waals surface area contributed by atoms with Crippen LogP contribution in [0, 0.1) is 13.8 Å². The highest BCUT2D eigenvalue weighted by Crippen LogP contribution is 2.27. The summed E-state index contributed by atoms with van der Waals surface area (Å²) in [5.74, 6) is 0.622. The summed E-state index contributed by atoms with van der Waals surface area (Å²) >= 11 is 0. The fraction of sp³-hybridized carbons (Fsp3) is 0.273. The van der Waals surface area contributed by atoms with Crippen molar-refractivity contribution in [3.63, 3.8) is 0 Å². The van der Waals surface area contributed by atoms with Gasteiger partial charge in [0.05, 0.1) is 29.7 Å². The van der Waals surface area contributed by atoms with Gasteiger partial charge in [0.25, 0.3) is 5.91 Å². The number of nitrogens with one attached hydrogen (secondary N) is 1. The lowest BCUT2D eigenvalue weighted by Gasteiger charge is -2.10. The first kappa shape index (κ1) is 19.6. The predicted octanol–water partition coefficient (Wildman–Crippen LogP) is 2.39. The van der Waals surface area contributed by atoms with Gasteiger partial charge in [0.2, 0.25) is 0 Å². The molecule has 0 spiro atoms. The van der Waals surface area contributed by atoms with E-state index in [1.54, 1.807) is 18.3 Å². The smallest absolute Gasteiger partial charge is 0.251 e. The first-order chi connectivity index (χ1) is 14.4. The number of imidazole rings is 1. The van der Waals surface area contributed by atoms with E-state index in [-0.39, 0.29) is 5.91 Å². The van der Waals surface area contributed by atoms with Gasteiger partial charge in [-0.25, -0.2) is 9.55 Å². The average Bonchev–Trinajstić information content (AvgIpc) is 3.30. The van der Waals surface area contributed by atoms with Crippen molar-refractivity contribution in [3.8, 4) is 11.3 Å². The Morgan fingerprint density at radius 3 is 2.67 bits per heavy atom. The van der Waals surface area contributed by atoms with E-state index >= 15 is 0 Å². The highest BCUT2D eigenvalue weighted by Gasteiger charge is 2.17. The van der Waals surface area contributed by atoms with Gasteiger partial charge in [0.15, 0.2) is 18.9 Å². The molecule has 0 bridgehead atoms. The molecule has 1 N–H and O–H groups in total. The van der Waals surface area contributed by atoms with E-state index in [0.29, 0.717) is 24.3 Å². The SMILES string of the molecule is Cc1noc(C)c1-c1cnc2cc(C(=O)NCC[n+]3ccc(N(C)C)cc3)ccn12. The largest absolute Gasteiger partial charge is 0.377 e. The van der Waals surface area contributed by atoms with Gasteiger partial charge < -0.3 is 14.7 Å². The normalized spacial score (nSPS) is 11.1. The number of nitrogens with zero attached hydrogens (tertiary/aromatic N) is 5. The standard InChI is InChI=1S/C22H24N6O2/c1-15-21(16(2)30-25-15)19-14-24-20-13-17(5-11-28(19)20)22(29)23-8-12-27-9-6-18(7-10-27)26(3)4/h5-7,9-11,13-14H,8,12H2,1-4H3/p+1. The number of amides is 1. The van der Waals surface area contributed by atoms with Crippen molar-refractivity contribution in [1.82, 2.24) is 19.9 Å². The minimum absolute atomic E-state index is 0.120. The van der Waals surface area contributed by atoms with Gasteiger partial charge in [-0.3, -0.25) is 9.20 Å². The maximum atomic E-state index is 12.6. The quantitative estimate of drug-likeness (QED) is 0.498.